The van der Waals surface area contributed by atoms with Gasteiger partial charge in [0.1, 0.15) is 4.21 Å². The average Bonchev–Trinajstić information content (AvgIpc) is 3.14. The van der Waals surface area contributed by atoms with Gasteiger partial charge in [0.25, 0.3) is 10.0 Å². The van der Waals surface area contributed by atoms with Crippen LogP contribution < -0.4 is 5.32 Å². The molecule has 1 fully saturated rings. The normalized spacial score (nSPS) is 16.7. The summed E-state index contributed by atoms with van der Waals surface area (Å²) < 4.78 is 26.9. The van der Waals surface area contributed by atoms with E-state index in [0.29, 0.717) is 30.1 Å². The third-order valence-electron chi connectivity index (χ3n) is 4.64. The van der Waals surface area contributed by atoms with Gasteiger partial charge in [-0.25, -0.2) is 8.42 Å². The van der Waals surface area contributed by atoms with Gasteiger partial charge in [-0.15, -0.1) is 11.3 Å². The topological polar surface area (TPSA) is 66.5 Å². The van der Waals surface area contributed by atoms with Crippen molar-refractivity contribution in [3.05, 3.63) is 46.8 Å². The van der Waals surface area contributed by atoms with Gasteiger partial charge in [-0.05, 0) is 49.3 Å². The summed E-state index contributed by atoms with van der Waals surface area (Å²) in [5.41, 5.74) is 2.93. The van der Waals surface area contributed by atoms with Gasteiger partial charge in [-0.3, -0.25) is 4.79 Å². The highest BCUT2D eigenvalue weighted by Gasteiger charge is 2.32. The number of nitrogens with one attached hydrogen (secondary N) is 1. The number of piperidine rings is 1. The summed E-state index contributed by atoms with van der Waals surface area (Å²) >= 11 is 1.23. The van der Waals surface area contributed by atoms with Gasteiger partial charge < -0.3 is 5.32 Å². The molecule has 0 atom stereocenters. The van der Waals surface area contributed by atoms with E-state index in [2.05, 4.69) is 5.32 Å². The van der Waals surface area contributed by atoms with Crippen molar-refractivity contribution in [2.45, 2.75) is 30.9 Å². The molecule has 2 aromatic rings. The van der Waals surface area contributed by atoms with Crippen LogP contribution in [0.5, 0.6) is 0 Å². The molecule has 5 nitrogen and oxygen atoms in total. The largest absolute Gasteiger partial charge is 0.325 e. The Bertz CT molecular complexity index is 832. The van der Waals surface area contributed by atoms with Crippen molar-refractivity contribution in [1.29, 1.82) is 0 Å². The zero-order valence-corrected chi connectivity index (χ0v) is 16.0. The number of benzene rings is 1. The van der Waals surface area contributed by atoms with E-state index in [-0.39, 0.29) is 11.8 Å². The number of hydrogen-bond donors (Lipinski definition) is 1. The van der Waals surface area contributed by atoms with Crippen LogP contribution >= 0.6 is 11.3 Å². The number of carbonyl (C=O) groups excluding carboxylic acids is 1. The highest BCUT2D eigenvalue weighted by atomic mass is 32.2. The third-order valence-corrected chi connectivity index (χ3v) is 7.91. The van der Waals surface area contributed by atoms with Crippen LogP contribution in [0.25, 0.3) is 0 Å². The lowest BCUT2D eigenvalue weighted by Crippen LogP contribution is -2.41. The quantitative estimate of drug-likeness (QED) is 0.887. The molecular formula is C18H22N2O3S2. The van der Waals surface area contributed by atoms with Gasteiger partial charge in [0.2, 0.25) is 5.91 Å². The first kappa shape index (κ1) is 18.1. The number of carbonyl (C=O) groups is 1. The Morgan fingerprint density at radius 3 is 2.32 bits per heavy atom. The zero-order valence-electron chi connectivity index (χ0n) is 14.4. The number of rotatable bonds is 4. The highest BCUT2D eigenvalue weighted by molar-refractivity contribution is 7.91. The molecule has 2 heterocycles. The fourth-order valence-electron chi connectivity index (χ4n) is 3.13. The summed E-state index contributed by atoms with van der Waals surface area (Å²) in [5.74, 6) is -0.181. The Hall–Kier alpha value is -1.70. The van der Waals surface area contributed by atoms with Crippen molar-refractivity contribution in [3.8, 4) is 0 Å². The molecule has 0 spiro atoms. The molecular weight excluding hydrogens is 356 g/mol. The predicted molar refractivity (Wildman–Crippen MR) is 100 cm³/mol. The highest BCUT2D eigenvalue weighted by Crippen LogP contribution is 2.28. The van der Waals surface area contributed by atoms with Gasteiger partial charge in [0.05, 0.1) is 0 Å². The number of anilines is 1. The van der Waals surface area contributed by atoms with Crippen LogP contribution in [-0.2, 0) is 14.8 Å². The van der Waals surface area contributed by atoms with Crippen LogP contribution in [-0.4, -0.2) is 31.7 Å². The lowest BCUT2D eigenvalue weighted by Gasteiger charge is -2.30. The summed E-state index contributed by atoms with van der Waals surface area (Å²) in [4.78, 5) is 12.6. The molecule has 1 amide bonds. The monoisotopic (exact) mass is 378 g/mol. The van der Waals surface area contributed by atoms with E-state index in [1.807, 2.05) is 32.0 Å². The standard InChI is InChI=1S/C18H22N2O3S2/c1-13-5-3-6-14(2)17(13)19-18(21)15-8-10-20(11-9-15)25(22,23)16-7-4-12-24-16/h3-7,12,15H,8-11H2,1-2H3,(H,19,21). The summed E-state index contributed by atoms with van der Waals surface area (Å²) in [6, 6.07) is 9.27. The van der Waals surface area contributed by atoms with Crippen LogP contribution in [0.4, 0.5) is 5.69 Å². The molecule has 1 N–H and O–H groups in total. The van der Waals surface area contributed by atoms with Crippen LogP contribution in [0, 0.1) is 19.8 Å². The lowest BCUT2D eigenvalue weighted by molar-refractivity contribution is -0.120. The Kier molecular flexibility index (Phi) is 5.27. The molecule has 7 heteroatoms. The first-order chi connectivity index (χ1) is 11.9. The maximum Gasteiger partial charge on any atom is 0.252 e. The maximum absolute atomic E-state index is 12.6. The van der Waals surface area contributed by atoms with E-state index in [9.17, 15) is 13.2 Å². The number of thiophene rings is 1. The van der Waals surface area contributed by atoms with Crippen LogP contribution in [0.2, 0.25) is 0 Å². The molecule has 3 rings (SSSR count). The van der Waals surface area contributed by atoms with E-state index in [1.165, 1.54) is 15.6 Å². The van der Waals surface area contributed by atoms with Crippen molar-refractivity contribution in [2.24, 2.45) is 5.92 Å². The Balaban J connectivity index is 1.63. The second kappa shape index (κ2) is 7.27. The second-order valence-corrected chi connectivity index (χ2v) is 9.48. The lowest BCUT2D eigenvalue weighted by atomic mass is 9.96. The zero-order chi connectivity index (χ0) is 18.0. The van der Waals surface area contributed by atoms with E-state index in [4.69, 9.17) is 0 Å². The average molecular weight is 379 g/mol. The third kappa shape index (κ3) is 3.78. The molecule has 0 radical (unpaired) electrons. The molecule has 1 saturated heterocycles. The molecule has 25 heavy (non-hydrogen) atoms. The van der Waals surface area contributed by atoms with Gasteiger partial charge in [0.15, 0.2) is 0 Å². The number of aryl methyl sites for hydroxylation is 2. The van der Waals surface area contributed by atoms with Crippen molar-refractivity contribution < 1.29 is 13.2 Å². The van der Waals surface area contributed by atoms with Crippen molar-refractivity contribution >= 4 is 33.0 Å². The number of nitrogens with zero attached hydrogens (tertiary/aromatic N) is 1. The summed E-state index contributed by atoms with van der Waals surface area (Å²) in [5, 5.41) is 4.79. The minimum absolute atomic E-state index is 0.0226. The summed E-state index contributed by atoms with van der Waals surface area (Å²) in [7, 11) is -3.42. The molecule has 0 bridgehead atoms. The van der Waals surface area contributed by atoms with Gasteiger partial charge >= 0.3 is 0 Å². The summed E-state index contributed by atoms with van der Waals surface area (Å²) in [6.07, 6.45) is 1.09. The first-order valence-corrected chi connectivity index (χ1v) is 10.6. The molecule has 1 aliphatic heterocycles. The second-order valence-electron chi connectivity index (χ2n) is 6.37. The van der Waals surface area contributed by atoms with Crippen LogP contribution in [0.15, 0.2) is 39.9 Å². The number of sulfonamides is 1. The van der Waals surface area contributed by atoms with E-state index >= 15 is 0 Å². The van der Waals surface area contributed by atoms with Crippen molar-refractivity contribution in [1.82, 2.24) is 4.31 Å². The number of hydrogen-bond acceptors (Lipinski definition) is 4. The van der Waals surface area contributed by atoms with E-state index < -0.39 is 10.0 Å². The fourth-order valence-corrected chi connectivity index (χ4v) is 5.75. The Labute approximate surface area is 152 Å². The molecule has 0 saturated carbocycles. The van der Waals surface area contributed by atoms with Crippen molar-refractivity contribution in [2.75, 3.05) is 18.4 Å². The van der Waals surface area contributed by atoms with Gasteiger partial charge in [-0.2, -0.15) is 4.31 Å². The van der Waals surface area contributed by atoms with Crippen LogP contribution in [0.3, 0.4) is 0 Å². The molecule has 1 aliphatic rings. The van der Waals surface area contributed by atoms with Crippen molar-refractivity contribution in [3.63, 3.8) is 0 Å². The SMILES string of the molecule is Cc1cccc(C)c1NC(=O)C1CCN(S(=O)(=O)c2cccs2)CC1. The molecule has 1 aromatic heterocycles. The maximum atomic E-state index is 12.6. The number of amides is 1. The van der Waals surface area contributed by atoms with Gasteiger partial charge in [-0.1, -0.05) is 24.3 Å². The van der Waals surface area contributed by atoms with Crippen LogP contribution in [0.1, 0.15) is 24.0 Å². The summed E-state index contributed by atoms with van der Waals surface area (Å²) in [6.45, 7) is 4.70. The molecule has 0 aliphatic carbocycles. The van der Waals surface area contributed by atoms with E-state index in [0.717, 1.165) is 16.8 Å². The fraction of sp³-hybridized carbons (Fsp3) is 0.389. The molecule has 0 unspecified atom stereocenters. The number of para-hydroxylation sites is 1. The minimum Gasteiger partial charge on any atom is -0.325 e. The Morgan fingerprint density at radius 1 is 1.12 bits per heavy atom. The minimum atomic E-state index is -3.42. The first-order valence-electron chi connectivity index (χ1n) is 8.30. The molecule has 134 valence electrons. The Morgan fingerprint density at radius 2 is 1.76 bits per heavy atom. The van der Waals surface area contributed by atoms with E-state index in [1.54, 1.807) is 17.5 Å². The smallest absolute Gasteiger partial charge is 0.252 e. The predicted octanol–water partition coefficient (Wildman–Crippen LogP) is 3.40. The van der Waals surface area contributed by atoms with Gasteiger partial charge in [0, 0.05) is 24.7 Å². The molecule has 1 aromatic carbocycles.